The van der Waals surface area contributed by atoms with Crippen LogP contribution in [0.15, 0.2) is 48.7 Å². The number of rotatable bonds is 3. The molecule has 0 saturated heterocycles. The Hall–Kier alpha value is -2.80. The molecule has 2 N–H and O–H groups in total. The summed E-state index contributed by atoms with van der Waals surface area (Å²) in [7, 11) is 0. The van der Waals surface area contributed by atoms with Gasteiger partial charge in [-0.15, -0.1) is 0 Å². The van der Waals surface area contributed by atoms with Gasteiger partial charge in [0.25, 0.3) is 0 Å². The van der Waals surface area contributed by atoms with Crippen molar-refractivity contribution in [3.05, 3.63) is 59.8 Å². The first-order valence-corrected chi connectivity index (χ1v) is 6.02. The SMILES string of the molecule is N#Cc1ccc(CNc2cccc3[nH]ncc23)cc1. The maximum atomic E-state index is 8.76. The van der Waals surface area contributed by atoms with Crippen molar-refractivity contribution in [2.75, 3.05) is 5.32 Å². The van der Waals surface area contributed by atoms with Crippen molar-refractivity contribution >= 4 is 16.6 Å². The van der Waals surface area contributed by atoms with E-state index in [0.717, 1.165) is 28.7 Å². The Kier molecular flexibility index (Phi) is 2.87. The molecule has 1 heterocycles. The molecule has 0 saturated carbocycles. The summed E-state index contributed by atoms with van der Waals surface area (Å²) >= 11 is 0. The molecule has 2 aromatic carbocycles. The van der Waals surface area contributed by atoms with Crippen LogP contribution in [0, 0.1) is 11.3 Å². The highest BCUT2D eigenvalue weighted by Crippen LogP contribution is 2.21. The predicted molar refractivity (Wildman–Crippen MR) is 74.6 cm³/mol. The minimum absolute atomic E-state index is 0.681. The van der Waals surface area contributed by atoms with Crippen molar-refractivity contribution in [1.82, 2.24) is 10.2 Å². The van der Waals surface area contributed by atoms with Crippen molar-refractivity contribution < 1.29 is 0 Å². The maximum Gasteiger partial charge on any atom is 0.0991 e. The minimum atomic E-state index is 0.681. The average molecular weight is 248 g/mol. The van der Waals surface area contributed by atoms with Gasteiger partial charge in [-0.1, -0.05) is 18.2 Å². The molecule has 0 aliphatic carbocycles. The van der Waals surface area contributed by atoms with Crippen LogP contribution in [0.1, 0.15) is 11.1 Å². The standard InChI is InChI=1S/C15H12N4/c16-8-11-4-6-12(7-5-11)9-17-14-2-1-3-15-13(14)10-18-19-15/h1-7,10,17H,9H2,(H,18,19). The van der Waals surface area contributed by atoms with E-state index in [1.807, 2.05) is 48.7 Å². The second kappa shape index (κ2) is 4.83. The summed E-state index contributed by atoms with van der Waals surface area (Å²) < 4.78 is 0. The van der Waals surface area contributed by atoms with Gasteiger partial charge in [-0.2, -0.15) is 10.4 Å². The monoisotopic (exact) mass is 248 g/mol. The lowest BCUT2D eigenvalue weighted by Crippen LogP contribution is -1.99. The molecule has 0 unspecified atom stereocenters. The zero-order valence-electron chi connectivity index (χ0n) is 10.2. The average Bonchev–Trinajstić information content (AvgIpc) is 2.94. The van der Waals surface area contributed by atoms with E-state index in [4.69, 9.17) is 5.26 Å². The number of hydrogen-bond donors (Lipinski definition) is 2. The van der Waals surface area contributed by atoms with Crippen LogP contribution in [0.4, 0.5) is 5.69 Å². The van der Waals surface area contributed by atoms with Crippen LogP contribution in [0.3, 0.4) is 0 Å². The quantitative estimate of drug-likeness (QED) is 0.748. The van der Waals surface area contributed by atoms with Crippen molar-refractivity contribution in [1.29, 1.82) is 5.26 Å². The number of anilines is 1. The number of nitrogens with one attached hydrogen (secondary N) is 2. The highest BCUT2D eigenvalue weighted by molar-refractivity contribution is 5.90. The van der Waals surface area contributed by atoms with Gasteiger partial charge in [-0.3, -0.25) is 5.10 Å². The molecule has 0 fully saturated rings. The minimum Gasteiger partial charge on any atom is -0.380 e. The summed E-state index contributed by atoms with van der Waals surface area (Å²) in [4.78, 5) is 0. The van der Waals surface area contributed by atoms with E-state index in [-0.39, 0.29) is 0 Å². The number of nitrogens with zero attached hydrogens (tertiary/aromatic N) is 2. The highest BCUT2D eigenvalue weighted by Gasteiger charge is 2.02. The second-order valence-corrected chi connectivity index (χ2v) is 4.30. The van der Waals surface area contributed by atoms with Gasteiger partial charge in [-0.25, -0.2) is 0 Å². The molecular weight excluding hydrogens is 236 g/mol. The van der Waals surface area contributed by atoms with Crippen LogP contribution in [-0.2, 0) is 6.54 Å². The fraction of sp³-hybridized carbons (Fsp3) is 0.0667. The second-order valence-electron chi connectivity index (χ2n) is 4.30. The normalized spacial score (nSPS) is 10.3. The van der Waals surface area contributed by atoms with Crippen LogP contribution >= 0.6 is 0 Å². The third-order valence-corrected chi connectivity index (χ3v) is 3.05. The summed E-state index contributed by atoms with van der Waals surface area (Å²) in [6, 6.07) is 15.7. The fourth-order valence-corrected chi connectivity index (χ4v) is 2.02. The van der Waals surface area contributed by atoms with Gasteiger partial charge in [0.05, 0.1) is 23.3 Å². The molecule has 3 rings (SSSR count). The molecule has 0 aliphatic rings. The van der Waals surface area contributed by atoms with Gasteiger partial charge in [0, 0.05) is 17.6 Å². The fourth-order valence-electron chi connectivity index (χ4n) is 2.02. The van der Waals surface area contributed by atoms with Gasteiger partial charge in [-0.05, 0) is 29.8 Å². The molecule has 0 atom stereocenters. The summed E-state index contributed by atoms with van der Waals surface area (Å²) in [6.45, 7) is 0.718. The van der Waals surface area contributed by atoms with Crippen LogP contribution in [0.5, 0.6) is 0 Å². The number of hydrogen-bond acceptors (Lipinski definition) is 3. The lowest BCUT2D eigenvalue weighted by molar-refractivity contribution is 1.12. The maximum absolute atomic E-state index is 8.76. The topological polar surface area (TPSA) is 64.5 Å². The first-order chi connectivity index (χ1) is 9.36. The summed E-state index contributed by atoms with van der Waals surface area (Å²) in [6.07, 6.45) is 1.82. The Morgan fingerprint density at radius 1 is 1.16 bits per heavy atom. The van der Waals surface area contributed by atoms with Gasteiger partial charge >= 0.3 is 0 Å². The molecular formula is C15H12N4. The molecule has 19 heavy (non-hydrogen) atoms. The third kappa shape index (κ3) is 2.26. The van der Waals surface area contributed by atoms with Gasteiger partial charge in [0.15, 0.2) is 0 Å². The first-order valence-electron chi connectivity index (χ1n) is 6.02. The van der Waals surface area contributed by atoms with Crippen LogP contribution < -0.4 is 5.32 Å². The molecule has 3 aromatic rings. The molecule has 0 spiro atoms. The van der Waals surface area contributed by atoms with Crippen molar-refractivity contribution in [3.63, 3.8) is 0 Å². The van der Waals surface area contributed by atoms with E-state index in [1.54, 1.807) is 0 Å². The van der Waals surface area contributed by atoms with Crippen molar-refractivity contribution in [2.45, 2.75) is 6.54 Å². The number of aromatic nitrogens is 2. The van der Waals surface area contributed by atoms with E-state index >= 15 is 0 Å². The number of fused-ring (bicyclic) bond motifs is 1. The molecule has 0 amide bonds. The van der Waals surface area contributed by atoms with E-state index in [9.17, 15) is 0 Å². The first kappa shape index (κ1) is 11.3. The number of nitriles is 1. The Labute approximate surface area is 110 Å². The molecule has 4 heteroatoms. The van der Waals surface area contributed by atoms with E-state index in [0.29, 0.717) is 5.56 Å². The third-order valence-electron chi connectivity index (χ3n) is 3.05. The number of aromatic amines is 1. The summed E-state index contributed by atoms with van der Waals surface area (Å²) in [5.41, 5.74) is 3.89. The molecule has 1 aromatic heterocycles. The molecule has 4 nitrogen and oxygen atoms in total. The lowest BCUT2D eigenvalue weighted by Gasteiger charge is -2.07. The van der Waals surface area contributed by atoms with Gasteiger partial charge < -0.3 is 5.32 Å². The zero-order valence-corrected chi connectivity index (χ0v) is 10.2. The zero-order chi connectivity index (χ0) is 13.1. The Balaban J connectivity index is 1.78. The molecule has 0 aliphatic heterocycles. The van der Waals surface area contributed by atoms with Crippen LogP contribution in [-0.4, -0.2) is 10.2 Å². The van der Waals surface area contributed by atoms with E-state index in [2.05, 4.69) is 21.6 Å². The summed E-state index contributed by atoms with van der Waals surface area (Å²) in [5, 5.41) is 20.2. The Bertz CT molecular complexity index is 735. The molecule has 0 bridgehead atoms. The van der Waals surface area contributed by atoms with Crippen molar-refractivity contribution in [3.8, 4) is 6.07 Å². The van der Waals surface area contributed by atoms with Gasteiger partial charge in [0.1, 0.15) is 0 Å². The van der Waals surface area contributed by atoms with Crippen LogP contribution in [0.2, 0.25) is 0 Å². The predicted octanol–water partition coefficient (Wildman–Crippen LogP) is 3.05. The number of benzene rings is 2. The Morgan fingerprint density at radius 2 is 2.00 bits per heavy atom. The summed E-state index contributed by atoms with van der Waals surface area (Å²) in [5.74, 6) is 0. The molecule has 0 radical (unpaired) electrons. The molecule has 92 valence electrons. The van der Waals surface area contributed by atoms with E-state index in [1.165, 1.54) is 0 Å². The van der Waals surface area contributed by atoms with E-state index < -0.39 is 0 Å². The lowest BCUT2D eigenvalue weighted by atomic mass is 10.1. The largest absolute Gasteiger partial charge is 0.380 e. The number of H-pyrrole nitrogens is 1. The van der Waals surface area contributed by atoms with Crippen LogP contribution in [0.25, 0.3) is 10.9 Å². The van der Waals surface area contributed by atoms with Crippen molar-refractivity contribution in [2.24, 2.45) is 0 Å². The van der Waals surface area contributed by atoms with Gasteiger partial charge in [0.2, 0.25) is 0 Å². The smallest absolute Gasteiger partial charge is 0.0991 e. The highest BCUT2D eigenvalue weighted by atomic mass is 15.1. The Morgan fingerprint density at radius 3 is 2.79 bits per heavy atom.